The summed E-state index contributed by atoms with van der Waals surface area (Å²) >= 11 is 0. The molecule has 0 amide bonds. The average molecular weight is 202 g/mol. The van der Waals surface area contributed by atoms with Gasteiger partial charge in [-0.05, 0) is 19.1 Å². The lowest BCUT2D eigenvalue weighted by Crippen LogP contribution is -2.11. The Morgan fingerprint density at radius 2 is 2.07 bits per heavy atom. The highest BCUT2D eigenvalue weighted by Crippen LogP contribution is 2.13. The highest BCUT2D eigenvalue weighted by Gasteiger charge is 2.01. The van der Waals surface area contributed by atoms with Crippen LogP contribution in [-0.4, -0.2) is 28.9 Å². The van der Waals surface area contributed by atoms with E-state index in [1.54, 1.807) is 6.20 Å². The summed E-state index contributed by atoms with van der Waals surface area (Å²) < 4.78 is 1.85. The molecule has 78 valence electrons. The lowest BCUT2D eigenvalue weighted by Gasteiger charge is -2.11. The minimum Gasteiger partial charge on any atom is -0.363 e. The molecule has 0 aliphatic carbocycles. The number of pyridine rings is 1. The monoisotopic (exact) mass is 202 g/mol. The van der Waals surface area contributed by atoms with Gasteiger partial charge in [-0.1, -0.05) is 0 Å². The molecule has 0 aromatic carbocycles. The molecule has 0 N–H and O–H groups in total. The molecule has 2 rings (SSSR count). The Labute approximate surface area is 89.2 Å². The summed E-state index contributed by atoms with van der Waals surface area (Å²) in [6.45, 7) is 1.98. The minimum absolute atomic E-state index is 0.931. The second-order valence-corrected chi connectivity index (χ2v) is 3.67. The van der Waals surface area contributed by atoms with Gasteiger partial charge in [0, 0.05) is 32.6 Å². The van der Waals surface area contributed by atoms with Gasteiger partial charge in [0.05, 0.1) is 11.4 Å². The maximum atomic E-state index is 4.35. The maximum absolute atomic E-state index is 4.35. The number of aryl methyl sites for hydroxylation is 1. The Balaban J connectivity index is 2.41. The van der Waals surface area contributed by atoms with E-state index in [4.69, 9.17) is 0 Å². The first-order chi connectivity index (χ1) is 7.16. The van der Waals surface area contributed by atoms with Crippen molar-refractivity contribution < 1.29 is 0 Å². The molecule has 0 bridgehead atoms. The normalized spacial score (nSPS) is 10.3. The topological polar surface area (TPSA) is 34.0 Å². The molecule has 0 radical (unpaired) electrons. The Kier molecular flexibility index (Phi) is 2.41. The van der Waals surface area contributed by atoms with Gasteiger partial charge in [-0.25, -0.2) is 9.67 Å². The van der Waals surface area contributed by atoms with Crippen LogP contribution in [-0.2, 0) is 0 Å². The highest BCUT2D eigenvalue weighted by molar-refractivity contribution is 5.45. The minimum atomic E-state index is 0.931. The fraction of sp³-hybridized carbons (Fsp3) is 0.273. The molecular weight excluding hydrogens is 188 g/mol. The maximum Gasteiger partial charge on any atom is 0.130 e. The summed E-state index contributed by atoms with van der Waals surface area (Å²) in [6.07, 6.45) is 3.74. The molecule has 15 heavy (non-hydrogen) atoms. The van der Waals surface area contributed by atoms with E-state index in [1.165, 1.54) is 0 Å². The van der Waals surface area contributed by atoms with Gasteiger partial charge in [0.2, 0.25) is 0 Å². The van der Waals surface area contributed by atoms with Crippen LogP contribution >= 0.6 is 0 Å². The zero-order valence-electron chi connectivity index (χ0n) is 9.18. The first-order valence-corrected chi connectivity index (χ1v) is 4.83. The Hall–Kier alpha value is -1.84. The number of hydrogen-bond donors (Lipinski definition) is 0. The quantitative estimate of drug-likeness (QED) is 0.742. The molecule has 0 saturated heterocycles. The van der Waals surface area contributed by atoms with Gasteiger partial charge in [0.1, 0.15) is 5.82 Å². The van der Waals surface area contributed by atoms with Crippen LogP contribution in [0.25, 0.3) is 5.69 Å². The number of rotatable bonds is 2. The van der Waals surface area contributed by atoms with E-state index in [0.717, 1.165) is 17.2 Å². The Morgan fingerprint density at radius 1 is 1.27 bits per heavy atom. The second-order valence-electron chi connectivity index (χ2n) is 3.67. The van der Waals surface area contributed by atoms with Crippen molar-refractivity contribution in [3.8, 4) is 5.69 Å². The predicted molar refractivity (Wildman–Crippen MR) is 60.4 cm³/mol. The van der Waals surface area contributed by atoms with E-state index >= 15 is 0 Å². The van der Waals surface area contributed by atoms with Gasteiger partial charge in [0.15, 0.2) is 0 Å². The Bertz CT molecular complexity index is 459. The van der Waals surface area contributed by atoms with Gasteiger partial charge in [-0.2, -0.15) is 5.10 Å². The molecule has 0 aliphatic rings. The summed E-state index contributed by atoms with van der Waals surface area (Å²) in [5.74, 6) is 0.931. The molecule has 2 aromatic rings. The van der Waals surface area contributed by atoms with Crippen molar-refractivity contribution in [3.63, 3.8) is 0 Å². The van der Waals surface area contributed by atoms with Crippen LogP contribution < -0.4 is 4.90 Å². The zero-order valence-corrected chi connectivity index (χ0v) is 9.18. The van der Waals surface area contributed by atoms with E-state index in [1.807, 2.05) is 55.0 Å². The number of nitrogens with zero attached hydrogens (tertiary/aromatic N) is 4. The van der Waals surface area contributed by atoms with Crippen LogP contribution in [0.15, 0.2) is 30.6 Å². The third-order valence-electron chi connectivity index (χ3n) is 2.17. The van der Waals surface area contributed by atoms with Crippen LogP contribution in [0.1, 0.15) is 5.69 Å². The van der Waals surface area contributed by atoms with E-state index in [2.05, 4.69) is 10.1 Å². The van der Waals surface area contributed by atoms with Crippen molar-refractivity contribution in [2.45, 2.75) is 6.92 Å². The molecule has 0 unspecified atom stereocenters. The van der Waals surface area contributed by atoms with E-state index in [9.17, 15) is 0 Å². The van der Waals surface area contributed by atoms with Crippen molar-refractivity contribution in [1.82, 2.24) is 14.8 Å². The first kappa shape index (κ1) is 9.71. The molecule has 4 heteroatoms. The molecule has 2 heterocycles. The summed E-state index contributed by atoms with van der Waals surface area (Å²) in [5.41, 5.74) is 2.04. The lowest BCUT2D eigenvalue weighted by molar-refractivity contribution is 0.858. The molecule has 0 aliphatic heterocycles. The van der Waals surface area contributed by atoms with Gasteiger partial charge in [0.25, 0.3) is 0 Å². The fourth-order valence-electron chi connectivity index (χ4n) is 1.35. The van der Waals surface area contributed by atoms with E-state index < -0.39 is 0 Å². The zero-order chi connectivity index (χ0) is 10.8. The Morgan fingerprint density at radius 3 is 2.67 bits per heavy atom. The third-order valence-corrected chi connectivity index (χ3v) is 2.17. The number of aromatic nitrogens is 3. The number of anilines is 1. The first-order valence-electron chi connectivity index (χ1n) is 4.83. The van der Waals surface area contributed by atoms with Crippen LogP contribution in [0, 0.1) is 6.92 Å². The van der Waals surface area contributed by atoms with Gasteiger partial charge in [-0.15, -0.1) is 0 Å². The van der Waals surface area contributed by atoms with Crippen LogP contribution in [0.4, 0.5) is 5.82 Å². The standard InChI is InChI=1S/C11H14N4/c1-9-5-7-15(13-9)10-4-6-12-11(8-10)14(2)3/h4-8H,1-3H3. The second kappa shape index (κ2) is 3.73. The van der Waals surface area contributed by atoms with Crippen molar-refractivity contribution in [2.75, 3.05) is 19.0 Å². The van der Waals surface area contributed by atoms with Crippen molar-refractivity contribution in [1.29, 1.82) is 0 Å². The van der Waals surface area contributed by atoms with Crippen molar-refractivity contribution >= 4 is 5.82 Å². The lowest BCUT2D eigenvalue weighted by atomic mass is 10.4. The summed E-state index contributed by atoms with van der Waals surface area (Å²) in [7, 11) is 3.95. The van der Waals surface area contributed by atoms with Crippen molar-refractivity contribution in [2.24, 2.45) is 0 Å². The van der Waals surface area contributed by atoms with E-state index in [0.29, 0.717) is 0 Å². The molecule has 0 spiro atoms. The smallest absolute Gasteiger partial charge is 0.130 e. The molecule has 0 atom stereocenters. The molecular formula is C11H14N4. The molecule has 0 fully saturated rings. The average Bonchev–Trinajstić information content (AvgIpc) is 2.65. The number of hydrogen-bond acceptors (Lipinski definition) is 3. The summed E-state index contributed by atoms with van der Waals surface area (Å²) in [5, 5.41) is 4.35. The van der Waals surface area contributed by atoms with Gasteiger partial charge < -0.3 is 4.90 Å². The molecule has 0 saturated carbocycles. The predicted octanol–water partition coefficient (Wildman–Crippen LogP) is 1.64. The van der Waals surface area contributed by atoms with Gasteiger partial charge in [-0.3, -0.25) is 0 Å². The van der Waals surface area contributed by atoms with Gasteiger partial charge >= 0.3 is 0 Å². The van der Waals surface area contributed by atoms with Crippen molar-refractivity contribution in [3.05, 3.63) is 36.3 Å². The molecule has 2 aromatic heterocycles. The SMILES string of the molecule is Cc1ccn(-c2ccnc(N(C)C)c2)n1. The van der Waals surface area contributed by atoms with Crippen LogP contribution in [0.5, 0.6) is 0 Å². The fourth-order valence-corrected chi connectivity index (χ4v) is 1.35. The summed E-state index contributed by atoms with van der Waals surface area (Å²) in [4.78, 5) is 6.23. The molecule has 4 nitrogen and oxygen atoms in total. The highest BCUT2D eigenvalue weighted by atomic mass is 15.3. The van der Waals surface area contributed by atoms with E-state index in [-0.39, 0.29) is 0 Å². The van der Waals surface area contributed by atoms with Crippen LogP contribution in [0.3, 0.4) is 0 Å². The third kappa shape index (κ3) is 1.98. The summed E-state index contributed by atoms with van der Waals surface area (Å²) in [6, 6.07) is 5.93. The largest absolute Gasteiger partial charge is 0.363 e. The van der Waals surface area contributed by atoms with Crippen LogP contribution in [0.2, 0.25) is 0 Å².